The number of carbonyl (C=O) groups excluding carboxylic acids is 1. The van der Waals surface area contributed by atoms with Crippen LogP contribution in [0.15, 0.2) is 48.5 Å². The van der Waals surface area contributed by atoms with Crippen LogP contribution in [0.5, 0.6) is 0 Å². The summed E-state index contributed by atoms with van der Waals surface area (Å²) in [5.41, 5.74) is 2.70. The molecule has 0 radical (unpaired) electrons. The number of nitrogens with zero attached hydrogens (tertiary/aromatic N) is 1. The molecule has 0 saturated heterocycles. The van der Waals surface area contributed by atoms with E-state index in [9.17, 15) is 14.7 Å². The Bertz CT molecular complexity index is 709. The SMILES string of the molecule is O=C(O)c1ccccc1CN1CCc2ccccc2C1=O. The number of carboxylic acids is 1. The third kappa shape index (κ3) is 2.52. The summed E-state index contributed by atoms with van der Waals surface area (Å²) in [5, 5.41) is 9.22. The number of carboxylic acid groups (broad SMARTS) is 1. The van der Waals surface area contributed by atoms with Gasteiger partial charge in [0.1, 0.15) is 0 Å². The molecule has 0 unspecified atom stereocenters. The molecular weight excluding hydrogens is 266 g/mol. The molecular formula is C17H15NO3. The van der Waals surface area contributed by atoms with E-state index in [0.29, 0.717) is 18.7 Å². The van der Waals surface area contributed by atoms with E-state index in [1.54, 1.807) is 29.2 Å². The van der Waals surface area contributed by atoms with Crippen LogP contribution >= 0.6 is 0 Å². The molecule has 1 heterocycles. The Labute approximate surface area is 122 Å². The first-order chi connectivity index (χ1) is 10.2. The zero-order valence-corrected chi connectivity index (χ0v) is 11.5. The summed E-state index contributed by atoms with van der Waals surface area (Å²) in [5.74, 6) is -0.993. The molecule has 2 aromatic carbocycles. The molecule has 0 saturated carbocycles. The highest BCUT2D eigenvalue weighted by molar-refractivity contribution is 5.97. The fraction of sp³-hybridized carbons (Fsp3) is 0.176. The number of rotatable bonds is 3. The van der Waals surface area contributed by atoms with E-state index < -0.39 is 5.97 Å². The Hall–Kier alpha value is -2.62. The molecule has 0 bridgehead atoms. The number of carbonyl (C=O) groups is 2. The van der Waals surface area contributed by atoms with Gasteiger partial charge in [-0.05, 0) is 29.7 Å². The molecule has 3 rings (SSSR count). The van der Waals surface area contributed by atoms with Crippen molar-refractivity contribution in [3.05, 3.63) is 70.8 Å². The van der Waals surface area contributed by atoms with Gasteiger partial charge < -0.3 is 10.0 Å². The standard InChI is InChI=1S/C17H15NO3/c19-16-14-7-3-1-5-12(14)9-10-18(16)11-13-6-2-4-8-15(13)17(20)21/h1-8H,9-11H2,(H,20,21). The van der Waals surface area contributed by atoms with Gasteiger partial charge in [-0.2, -0.15) is 0 Å². The molecule has 0 atom stereocenters. The van der Waals surface area contributed by atoms with E-state index in [1.165, 1.54) is 0 Å². The highest BCUT2D eigenvalue weighted by Crippen LogP contribution is 2.21. The van der Waals surface area contributed by atoms with Crippen molar-refractivity contribution in [3.63, 3.8) is 0 Å². The minimum Gasteiger partial charge on any atom is -0.478 e. The van der Waals surface area contributed by atoms with Gasteiger partial charge >= 0.3 is 5.97 Å². The van der Waals surface area contributed by atoms with Gasteiger partial charge in [0.15, 0.2) is 0 Å². The molecule has 106 valence electrons. The third-order valence-electron chi connectivity index (χ3n) is 3.80. The summed E-state index contributed by atoms with van der Waals surface area (Å²) in [6.45, 7) is 0.944. The summed E-state index contributed by atoms with van der Waals surface area (Å²) in [6, 6.07) is 14.4. The average Bonchev–Trinajstić information content (AvgIpc) is 2.51. The van der Waals surface area contributed by atoms with Gasteiger partial charge in [0.2, 0.25) is 0 Å². The number of hydrogen-bond acceptors (Lipinski definition) is 2. The van der Waals surface area contributed by atoms with E-state index >= 15 is 0 Å². The molecule has 1 aliphatic rings. The summed E-state index contributed by atoms with van der Waals surface area (Å²) in [4.78, 5) is 25.4. The van der Waals surface area contributed by atoms with Crippen molar-refractivity contribution >= 4 is 11.9 Å². The van der Waals surface area contributed by atoms with Crippen molar-refractivity contribution in [1.82, 2.24) is 4.90 Å². The molecule has 1 N–H and O–H groups in total. The molecule has 1 amide bonds. The molecule has 1 aliphatic heterocycles. The molecule has 2 aromatic rings. The van der Waals surface area contributed by atoms with E-state index in [1.807, 2.05) is 24.3 Å². The summed E-state index contributed by atoms with van der Waals surface area (Å²) < 4.78 is 0. The maximum absolute atomic E-state index is 12.5. The van der Waals surface area contributed by atoms with Crippen LogP contribution in [0.2, 0.25) is 0 Å². The molecule has 0 spiro atoms. The van der Waals surface area contributed by atoms with Crippen LogP contribution < -0.4 is 0 Å². The molecule has 4 nitrogen and oxygen atoms in total. The minimum absolute atomic E-state index is 0.0305. The van der Waals surface area contributed by atoms with Crippen molar-refractivity contribution < 1.29 is 14.7 Å². The highest BCUT2D eigenvalue weighted by Gasteiger charge is 2.24. The van der Waals surface area contributed by atoms with Gasteiger partial charge in [0.25, 0.3) is 5.91 Å². The van der Waals surface area contributed by atoms with Crippen LogP contribution in [0, 0.1) is 0 Å². The lowest BCUT2D eigenvalue weighted by Gasteiger charge is -2.29. The monoisotopic (exact) mass is 281 g/mol. The van der Waals surface area contributed by atoms with E-state index in [2.05, 4.69) is 0 Å². The molecule has 4 heteroatoms. The van der Waals surface area contributed by atoms with Crippen LogP contribution in [-0.2, 0) is 13.0 Å². The van der Waals surface area contributed by atoms with Gasteiger partial charge in [0.05, 0.1) is 5.56 Å². The summed E-state index contributed by atoms with van der Waals surface area (Å²) in [6.07, 6.45) is 0.803. The zero-order chi connectivity index (χ0) is 14.8. The Balaban J connectivity index is 1.88. The second-order valence-corrected chi connectivity index (χ2v) is 5.10. The average molecular weight is 281 g/mol. The maximum atomic E-state index is 12.5. The Kier molecular flexibility index (Phi) is 3.44. The van der Waals surface area contributed by atoms with Crippen LogP contribution in [0.25, 0.3) is 0 Å². The highest BCUT2D eigenvalue weighted by atomic mass is 16.4. The largest absolute Gasteiger partial charge is 0.478 e. The molecule has 0 aromatic heterocycles. The van der Waals surface area contributed by atoms with Gasteiger partial charge in [0, 0.05) is 18.7 Å². The van der Waals surface area contributed by atoms with Crippen LogP contribution in [0.4, 0.5) is 0 Å². The number of amides is 1. The fourth-order valence-electron chi connectivity index (χ4n) is 2.70. The maximum Gasteiger partial charge on any atom is 0.336 e. The van der Waals surface area contributed by atoms with E-state index in [-0.39, 0.29) is 11.5 Å². The lowest BCUT2D eigenvalue weighted by atomic mass is 9.98. The normalized spacial score (nSPS) is 13.9. The zero-order valence-electron chi connectivity index (χ0n) is 11.5. The summed E-state index contributed by atoms with van der Waals surface area (Å²) >= 11 is 0. The number of benzene rings is 2. The number of fused-ring (bicyclic) bond motifs is 1. The van der Waals surface area contributed by atoms with E-state index in [0.717, 1.165) is 17.5 Å². The summed E-state index contributed by atoms with van der Waals surface area (Å²) in [7, 11) is 0. The lowest BCUT2D eigenvalue weighted by Crippen LogP contribution is -2.37. The third-order valence-corrected chi connectivity index (χ3v) is 3.80. The first-order valence-electron chi connectivity index (χ1n) is 6.85. The Morgan fingerprint density at radius 1 is 1.10 bits per heavy atom. The quantitative estimate of drug-likeness (QED) is 0.940. The predicted octanol–water partition coefficient (Wildman–Crippen LogP) is 2.58. The van der Waals surface area contributed by atoms with Crippen molar-refractivity contribution in [2.75, 3.05) is 6.54 Å². The fourth-order valence-corrected chi connectivity index (χ4v) is 2.70. The van der Waals surface area contributed by atoms with Gasteiger partial charge in [-0.3, -0.25) is 4.79 Å². The number of hydrogen-bond donors (Lipinski definition) is 1. The second-order valence-electron chi connectivity index (χ2n) is 5.10. The number of aromatic carboxylic acids is 1. The van der Waals surface area contributed by atoms with Gasteiger partial charge in [-0.15, -0.1) is 0 Å². The molecule has 0 fully saturated rings. The van der Waals surface area contributed by atoms with Crippen LogP contribution in [-0.4, -0.2) is 28.4 Å². The van der Waals surface area contributed by atoms with Gasteiger partial charge in [-0.25, -0.2) is 4.79 Å². The Morgan fingerprint density at radius 3 is 2.62 bits per heavy atom. The van der Waals surface area contributed by atoms with Gasteiger partial charge in [-0.1, -0.05) is 36.4 Å². The first-order valence-corrected chi connectivity index (χ1v) is 6.85. The second kappa shape index (κ2) is 5.40. The topological polar surface area (TPSA) is 57.6 Å². The van der Waals surface area contributed by atoms with E-state index in [4.69, 9.17) is 0 Å². The molecule has 0 aliphatic carbocycles. The van der Waals surface area contributed by atoms with Crippen molar-refractivity contribution in [2.24, 2.45) is 0 Å². The predicted molar refractivity (Wildman–Crippen MR) is 78.3 cm³/mol. The minimum atomic E-state index is -0.963. The molecule has 21 heavy (non-hydrogen) atoms. The van der Waals surface area contributed by atoms with Crippen molar-refractivity contribution in [2.45, 2.75) is 13.0 Å². The van der Waals surface area contributed by atoms with Crippen molar-refractivity contribution in [3.8, 4) is 0 Å². The van der Waals surface area contributed by atoms with Crippen molar-refractivity contribution in [1.29, 1.82) is 0 Å². The lowest BCUT2D eigenvalue weighted by molar-refractivity contribution is 0.0678. The first kappa shape index (κ1) is 13.4. The van der Waals surface area contributed by atoms with Crippen LogP contribution in [0.1, 0.15) is 31.8 Å². The van der Waals surface area contributed by atoms with Crippen LogP contribution in [0.3, 0.4) is 0 Å². The smallest absolute Gasteiger partial charge is 0.336 e. The Morgan fingerprint density at radius 2 is 1.81 bits per heavy atom.